The summed E-state index contributed by atoms with van der Waals surface area (Å²) in [5, 5.41) is 8.76. The standard InChI is InChI=1S/C11H14BrNO5S/c1-18-10-7(12)3-6(4-8(13)11(14)15)5-9(10)19(2,16)17/h3,5,8H,4,13H2,1-2H3,(H,14,15). The number of benzene rings is 1. The molecule has 8 heteroatoms. The fourth-order valence-corrected chi connectivity index (χ4v) is 3.25. The van der Waals surface area contributed by atoms with Crippen molar-refractivity contribution in [3.63, 3.8) is 0 Å². The number of hydrogen-bond donors (Lipinski definition) is 2. The third kappa shape index (κ3) is 3.92. The van der Waals surface area contributed by atoms with E-state index in [2.05, 4.69) is 15.9 Å². The van der Waals surface area contributed by atoms with Gasteiger partial charge in [-0.05, 0) is 40.0 Å². The minimum atomic E-state index is -3.49. The van der Waals surface area contributed by atoms with Crippen molar-refractivity contribution in [1.82, 2.24) is 0 Å². The first-order valence-corrected chi connectivity index (χ1v) is 7.90. The molecule has 0 aliphatic carbocycles. The van der Waals surface area contributed by atoms with Gasteiger partial charge >= 0.3 is 5.97 Å². The van der Waals surface area contributed by atoms with Crippen LogP contribution in [-0.2, 0) is 21.1 Å². The number of sulfone groups is 1. The predicted octanol–water partition coefficient (Wildman–Crippen LogP) is 0.816. The summed E-state index contributed by atoms with van der Waals surface area (Å²) in [6.45, 7) is 0. The van der Waals surface area contributed by atoms with Crippen LogP contribution in [-0.4, -0.2) is 38.9 Å². The van der Waals surface area contributed by atoms with Gasteiger partial charge in [0.15, 0.2) is 15.6 Å². The molecule has 0 aliphatic rings. The summed E-state index contributed by atoms with van der Waals surface area (Å²) in [6.07, 6.45) is 1.08. The maximum Gasteiger partial charge on any atom is 0.320 e. The Morgan fingerprint density at radius 1 is 1.53 bits per heavy atom. The van der Waals surface area contributed by atoms with Crippen molar-refractivity contribution in [3.05, 3.63) is 22.2 Å². The minimum Gasteiger partial charge on any atom is -0.494 e. The van der Waals surface area contributed by atoms with Gasteiger partial charge in [-0.2, -0.15) is 0 Å². The number of methoxy groups -OCH3 is 1. The quantitative estimate of drug-likeness (QED) is 0.812. The zero-order valence-electron chi connectivity index (χ0n) is 10.4. The number of carbonyl (C=O) groups is 1. The molecule has 0 amide bonds. The summed E-state index contributed by atoms with van der Waals surface area (Å²) in [7, 11) is -2.13. The lowest BCUT2D eigenvalue weighted by molar-refractivity contribution is -0.138. The summed E-state index contributed by atoms with van der Waals surface area (Å²) < 4.78 is 28.8. The summed E-state index contributed by atoms with van der Waals surface area (Å²) in [5.41, 5.74) is 5.94. The van der Waals surface area contributed by atoms with E-state index in [1.807, 2.05) is 0 Å². The summed E-state index contributed by atoms with van der Waals surface area (Å²) >= 11 is 3.20. The molecule has 0 radical (unpaired) electrons. The molecule has 0 aliphatic heterocycles. The Hall–Kier alpha value is -1.12. The van der Waals surface area contributed by atoms with Gasteiger partial charge in [-0.25, -0.2) is 8.42 Å². The van der Waals surface area contributed by atoms with E-state index >= 15 is 0 Å². The van der Waals surface area contributed by atoms with Crippen LogP contribution in [0.5, 0.6) is 5.75 Å². The van der Waals surface area contributed by atoms with E-state index in [-0.39, 0.29) is 17.1 Å². The molecule has 1 rings (SSSR count). The average Bonchev–Trinajstić information content (AvgIpc) is 2.26. The SMILES string of the molecule is COc1c(Br)cc(CC(N)C(=O)O)cc1S(C)(=O)=O. The van der Waals surface area contributed by atoms with Crippen LogP contribution in [0.4, 0.5) is 0 Å². The molecule has 19 heavy (non-hydrogen) atoms. The molecule has 0 spiro atoms. The van der Waals surface area contributed by atoms with Crippen LogP contribution >= 0.6 is 15.9 Å². The number of halogens is 1. The van der Waals surface area contributed by atoms with Crippen molar-refractivity contribution in [2.45, 2.75) is 17.4 Å². The van der Waals surface area contributed by atoms with Gasteiger partial charge in [0.25, 0.3) is 0 Å². The van der Waals surface area contributed by atoms with Crippen LogP contribution in [0.2, 0.25) is 0 Å². The molecule has 0 saturated carbocycles. The molecule has 1 aromatic carbocycles. The highest BCUT2D eigenvalue weighted by Crippen LogP contribution is 2.34. The maximum atomic E-state index is 11.7. The van der Waals surface area contributed by atoms with Crippen LogP contribution in [0.1, 0.15) is 5.56 Å². The van der Waals surface area contributed by atoms with Crippen LogP contribution in [0.15, 0.2) is 21.5 Å². The Kier molecular flexibility index (Phi) is 4.94. The molecule has 0 heterocycles. The lowest BCUT2D eigenvalue weighted by Crippen LogP contribution is -2.32. The summed E-state index contributed by atoms with van der Waals surface area (Å²) in [4.78, 5) is 10.7. The van der Waals surface area contributed by atoms with Crippen LogP contribution in [0, 0.1) is 0 Å². The van der Waals surface area contributed by atoms with Gasteiger partial charge in [0.2, 0.25) is 0 Å². The average molecular weight is 352 g/mol. The Morgan fingerprint density at radius 2 is 2.11 bits per heavy atom. The maximum absolute atomic E-state index is 11.7. The number of aliphatic carboxylic acids is 1. The minimum absolute atomic E-state index is 0.00281. The highest BCUT2D eigenvalue weighted by Gasteiger charge is 2.20. The number of hydrogen-bond acceptors (Lipinski definition) is 5. The molecule has 1 unspecified atom stereocenters. The fraction of sp³-hybridized carbons (Fsp3) is 0.364. The first-order valence-electron chi connectivity index (χ1n) is 5.21. The molecule has 0 fully saturated rings. The van der Waals surface area contributed by atoms with Gasteiger partial charge < -0.3 is 15.6 Å². The molecule has 1 atom stereocenters. The summed E-state index contributed by atoms with van der Waals surface area (Å²) in [6, 6.07) is 1.88. The van der Waals surface area contributed by atoms with Gasteiger partial charge in [0, 0.05) is 6.26 Å². The van der Waals surface area contributed by atoms with E-state index in [0.29, 0.717) is 10.0 Å². The van der Waals surface area contributed by atoms with E-state index in [9.17, 15) is 13.2 Å². The normalized spacial score (nSPS) is 13.1. The van der Waals surface area contributed by atoms with E-state index in [1.54, 1.807) is 6.07 Å². The molecule has 0 aromatic heterocycles. The van der Waals surface area contributed by atoms with E-state index < -0.39 is 21.8 Å². The molecule has 0 bridgehead atoms. The Balaban J connectivity index is 3.32. The number of ether oxygens (including phenoxy) is 1. The van der Waals surface area contributed by atoms with Gasteiger partial charge in [0.1, 0.15) is 10.9 Å². The van der Waals surface area contributed by atoms with E-state index in [4.69, 9.17) is 15.6 Å². The molecular weight excluding hydrogens is 338 g/mol. The Morgan fingerprint density at radius 3 is 2.53 bits per heavy atom. The third-order valence-electron chi connectivity index (χ3n) is 2.45. The second-order valence-electron chi connectivity index (χ2n) is 4.03. The molecule has 6 nitrogen and oxygen atoms in total. The molecular formula is C11H14BrNO5S. The number of carboxylic acid groups (broad SMARTS) is 1. The number of carboxylic acids is 1. The largest absolute Gasteiger partial charge is 0.494 e. The molecule has 0 saturated heterocycles. The van der Waals surface area contributed by atoms with Crippen LogP contribution in [0.3, 0.4) is 0 Å². The second-order valence-corrected chi connectivity index (χ2v) is 6.87. The van der Waals surface area contributed by atoms with Gasteiger partial charge in [0.05, 0.1) is 11.6 Å². The van der Waals surface area contributed by atoms with Crippen molar-refractivity contribution >= 4 is 31.7 Å². The zero-order valence-corrected chi connectivity index (χ0v) is 12.8. The lowest BCUT2D eigenvalue weighted by Gasteiger charge is -2.13. The monoisotopic (exact) mass is 351 g/mol. The topological polar surface area (TPSA) is 107 Å². The molecule has 1 aromatic rings. The molecule has 3 N–H and O–H groups in total. The van der Waals surface area contributed by atoms with E-state index in [1.165, 1.54) is 13.2 Å². The van der Waals surface area contributed by atoms with Crippen molar-refractivity contribution in [3.8, 4) is 5.75 Å². The third-order valence-corrected chi connectivity index (χ3v) is 4.14. The Labute approximate surface area is 119 Å². The van der Waals surface area contributed by atoms with Crippen molar-refractivity contribution in [1.29, 1.82) is 0 Å². The zero-order chi connectivity index (χ0) is 14.8. The smallest absolute Gasteiger partial charge is 0.320 e. The van der Waals surface area contributed by atoms with Gasteiger partial charge in [-0.15, -0.1) is 0 Å². The van der Waals surface area contributed by atoms with Crippen molar-refractivity contribution in [2.24, 2.45) is 5.73 Å². The van der Waals surface area contributed by atoms with Gasteiger partial charge in [-0.1, -0.05) is 0 Å². The first kappa shape index (κ1) is 15.9. The Bertz CT molecular complexity index is 599. The number of nitrogens with two attached hydrogens (primary N) is 1. The second kappa shape index (κ2) is 5.89. The molecule has 106 valence electrons. The lowest BCUT2D eigenvalue weighted by atomic mass is 10.1. The fourth-order valence-electron chi connectivity index (χ4n) is 1.55. The van der Waals surface area contributed by atoms with Crippen LogP contribution in [0.25, 0.3) is 0 Å². The van der Waals surface area contributed by atoms with E-state index in [0.717, 1.165) is 6.26 Å². The highest BCUT2D eigenvalue weighted by molar-refractivity contribution is 9.10. The van der Waals surface area contributed by atoms with Crippen molar-refractivity contribution in [2.75, 3.05) is 13.4 Å². The number of rotatable bonds is 5. The van der Waals surface area contributed by atoms with Crippen molar-refractivity contribution < 1.29 is 23.1 Å². The van der Waals surface area contributed by atoms with Gasteiger partial charge in [-0.3, -0.25) is 4.79 Å². The first-order chi connectivity index (χ1) is 8.66. The predicted molar refractivity (Wildman–Crippen MR) is 73.1 cm³/mol. The van der Waals surface area contributed by atoms with Crippen LogP contribution < -0.4 is 10.5 Å². The highest BCUT2D eigenvalue weighted by atomic mass is 79.9. The summed E-state index contributed by atoms with van der Waals surface area (Å²) in [5.74, 6) is -0.956.